The molecule has 1 unspecified atom stereocenters. The van der Waals surface area contributed by atoms with E-state index in [0.717, 1.165) is 43.8 Å². The predicted octanol–water partition coefficient (Wildman–Crippen LogP) is 3.55. The van der Waals surface area contributed by atoms with Crippen molar-refractivity contribution < 1.29 is 9.53 Å². The van der Waals surface area contributed by atoms with Crippen LogP contribution in [0.15, 0.2) is 0 Å². The first kappa shape index (κ1) is 16.1. The van der Waals surface area contributed by atoms with Gasteiger partial charge in [-0.3, -0.25) is 0 Å². The lowest BCUT2D eigenvalue weighted by Crippen LogP contribution is -2.42. The molecule has 3 aliphatic rings. The molecular formula is C18H32N2O2. The van der Waals surface area contributed by atoms with E-state index in [4.69, 9.17) is 4.74 Å². The van der Waals surface area contributed by atoms with Gasteiger partial charge < -0.3 is 15.0 Å². The number of likely N-dealkylation sites (tertiary alicyclic amines) is 1. The lowest BCUT2D eigenvalue weighted by atomic mass is 10.0. The minimum absolute atomic E-state index is 0.144. The molecule has 2 saturated carbocycles. The first-order valence-electron chi connectivity index (χ1n) is 9.16. The maximum Gasteiger partial charge on any atom is 0.410 e. The number of carbonyl (C=O) groups is 1. The van der Waals surface area contributed by atoms with Crippen molar-refractivity contribution in [2.45, 2.75) is 83.4 Å². The van der Waals surface area contributed by atoms with Crippen LogP contribution in [0.2, 0.25) is 0 Å². The van der Waals surface area contributed by atoms with E-state index in [1.165, 1.54) is 32.1 Å². The quantitative estimate of drug-likeness (QED) is 0.863. The van der Waals surface area contributed by atoms with Gasteiger partial charge in [0.05, 0.1) is 0 Å². The maximum absolute atomic E-state index is 12.2. The second-order valence-corrected chi connectivity index (χ2v) is 8.46. The Balaban J connectivity index is 1.48. The summed E-state index contributed by atoms with van der Waals surface area (Å²) < 4.78 is 5.51. The van der Waals surface area contributed by atoms with Crippen LogP contribution in [0.1, 0.15) is 65.7 Å². The Hall–Kier alpha value is -0.770. The van der Waals surface area contributed by atoms with Gasteiger partial charge in [-0.25, -0.2) is 4.79 Å². The summed E-state index contributed by atoms with van der Waals surface area (Å²) in [5.74, 6) is 1.88. The zero-order valence-corrected chi connectivity index (χ0v) is 14.4. The van der Waals surface area contributed by atoms with Crippen molar-refractivity contribution in [1.82, 2.24) is 10.2 Å². The zero-order valence-electron chi connectivity index (χ0n) is 14.4. The first-order chi connectivity index (χ1) is 10.4. The molecule has 0 radical (unpaired) electrons. The highest BCUT2D eigenvalue weighted by Crippen LogP contribution is 2.44. The van der Waals surface area contributed by atoms with Crippen LogP contribution in [0.25, 0.3) is 0 Å². The van der Waals surface area contributed by atoms with Crippen molar-refractivity contribution in [1.29, 1.82) is 0 Å². The number of carbonyl (C=O) groups excluding carboxylic acids is 1. The molecule has 0 aromatic heterocycles. The summed E-state index contributed by atoms with van der Waals surface area (Å²) in [6, 6.07) is 1.34. The minimum Gasteiger partial charge on any atom is -0.444 e. The van der Waals surface area contributed by atoms with Crippen LogP contribution in [0, 0.1) is 11.8 Å². The summed E-state index contributed by atoms with van der Waals surface area (Å²) >= 11 is 0. The Kier molecular flexibility index (Phi) is 4.67. The summed E-state index contributed by atoms with van der Waals surface area (Å²) in [6.07, 6.45) is 8.88. The zero-order chi connectivity index (χ0) is 15.7. The molecule has 126 valence electrons. The molecular weight excluding hydrogens is 276 g/mol. The van der Waals surface area contributed by atoms with E-state index in [2.05, 4.69) is 5.32 Å². The molecule has 1 aliphatic heterocycles. The number of rotatable bonds is 4. The van der Waals surface area contributed by atoms with E-state index >= 15 is 0 Å². The SMILES string of the molecule is CC(C)(C)OC(=O)N1CCCC(NC(C2CC2)C2CC2)CC1. The van der Waals surface area contributed by atoms with Crippen LogP contribution in [-0.4, -0.2) is 41.8 Å². The van der Waals surface area contributed by atoms with E-state index in [9.17, 15) is 4.79 Å². The molecule has 1 saturated heterocycles. The lowest BCUT2D eigenvalue weighted by Gasteiger charge is -2.27. The van der Waals surface area contributed by atoms with Gasteiger partial charge in [0.1, 0.15) is 5.60 Å². The Bertz CT molecular complexity index is 384. The molecule has 4 heteroatoms. The molecule has 1 heterocycles. The normalized spacial score (nSPS) is 26.9. The maximum atomic E-state index is 12.2. The monoisotopic (exact) mass is 308 g/mol. The van der Waals surface area contributed by atoms with Gasteiger partial charge >= 0.3 is 6.09 Å². The molecule has 22 heavy (non-hydrogen) atoms. The van der Waals surface area contributed by atoms with Crippen molar-refractivity contribution in [2.75, 3.05) is 13.1 Å². The van der Waals surface area contributed by atoms with Gasteiger partial charge in [0.15, 0.2) is 0 Å². The fraction of sp³-hybridized carbons (Fsp3) is 0.944. The van der Waals surface area contributed by atoms with Gasteiger partial charge in [0.25, 0.3) is 0 Å². The van der Waals surface area contributed by atoms with Gasteiger partial charge in [-0.15, -0.1) is 0 Å². The largest absolute Gasteiger partial charge is 0.444 e. The number of amides is 1. The summed E-state index contributed by atoms with van der Waals surface area (Å²) in [5, 5.41) is 3.95. The van der Waals surface area contributed by atoms with Crippen LogP contribution in [-0.2, 0) is 4.74 Å². The molecule has 4 nitrogen and oxygen atoms in total. The molecule has 1 amide bonds. The fourth-order valence-electron chi connectivity index (χ4n) is 3.61. The van der Waals surface area contributed by atoms with Crippen LogP contribution in [0.5, 0.6) is 0 Å². The van der Waals surface area contributed by atoms with Gasteiger partial charge in [0, 0.05) is 25.2 Å². The average Bonchev–Trinajstić information content (AvgIpc) is 3.29. The third kappa shape index (κ3) is 4.61. The number of ether oxygens (including phenoxy) is 1. The van der Waals surface area contributed by atoms with Crippen molar-refractivity contribution in [3.05, 3.63) is 0 Å². The first-order valence-corrected chi connectivity index (χ1v) is 9.16. The van der Waals surface area contributed by atoms with Crippen molar-refractivity contribution in [3.63, 3.8) is 0 Å². The Morgan fingerprint density at radius 3 is 2.23 bits per heavy atom. The summed E-state index contributed by atoms with van der Waals surface area (Å²) in [7, 11) is 0. The summed E-state index contributed by atoms with van der Waals surface area (Å²) in [4.78, 5) is 14.1. The summed E-state index contributed by atoms with van der Waals surface area (Å²) in [6.45, 7) is 7.47. The van der Waals surface area contributed by atoms with Crippen molar-refractivity contribution >= 4 is 6.09 Å². The van der Waals surface area contributed by atoms with Gasteiger partial charge in [-0.2, -0.15) is 0 Å². The third-order valence-electron chi connectivity index (χ3n) is 5.07. The van der Waals surface area contributed by atoms with Crippen molar-refractivity contribution in [2.24, 2.45) is 11.8 Å². The van der Waals surface area contributed by atoms with E-state index in [1.807, 2.05) is 25.7 Å². The van der Waals surface area contributed by atoms with Gasteiger partial charge in [-0.1, -0.05) is 0 Å². The second kappa shape index (κ2) is 6.38. The highest BCUT2D eigenvalue weighted by atomic mass is 16.6. The van der Waals surface area contributed by atoms with Crippen molar-refractivity contribution in [3.8, 4) is 0 Å². The number of nitrogens with zero attached hydrogens (tertiary/aromatic N) is 1. The number of hydrogen-bond donors (Lipinski definition) is 1. The van der Waals surface area contributed by atoms with Gasteiger partial charge in [0.2, 0.25) is 0 Å². The third-order valence-corrected chi connectivity index (χ3v) is 5.07. The van der Waals surface area contributed by atoms with Crippen LogP contribution in [0.3, 0.4) is 0 Å². The second-order valence-electron chi connectivity index (χ2n) is 8.46. The number of nitrogens with one attached hydrogen (secondary N) is 1. The molecule has 0 bridgehead atoms. The van der Waals surface area contributed by atoms with Crippen LogP contribution >= 0.6 is 0 Å². The molecule has 0 aromatic rings. The standard InChI is InChI=1S/C18H32N2O2/c1-18(2,3)22-17(21)20-11-4-5-15(10-12-20)19-16(13-6-7-13)14-8-9-14/h13-16,19H,4-12H2,1-3H3. The topological polar surface area (TPSA) is 41.6 Å². The van der Waals surface area contributed by atoms with E-state index < -0.39 is 5.60 Å². The molecule has 1 N–H and O–H groups in total. The number of hydrogen-bond acceptors (Lipinski definition) is 3. The highest BCUT2D eigenvalue weighted by Gasteiger charge is 2.42. The average molecular weight is 308 g/mol. The molecule has 0 aromatic carbocycles. The Morgan fingerprint density at radius 1 is 1.05 bits per heavy atom. The van der Waals surface area contributed by atoms with Gasteiger partial charge in [-0.05, 0) is 77.6 Å². The molecule has 1 atom stereocenters. The summed E-state index contributed by atoms with van der Waals surface area (Å²) in [5.41, 5.74) is -0.399. The molecule has 0 spiro atoms. The molecule has 3 rings (SSSR count). The predicted molar refractivity (Wildman–Crippen MR) is 87.8 cm³/mol. The van der Waals surface area contributed by atoms with Crippen LogP contribution < -0.4 is 5.32 Å². The minimum atomic E-state index is -0.399. The Labute approximate surface area is 135 Å². The van der Waals surface area contributed by atoms with Crippen LogP contribution in [0.4, 0.5) is 4.79 Å². The van der Waals surface area contributed by atoms with E-state index in [-0.39, 0.29) is 6.09 Å². The fourth-order valence-corrected chi connectivity index (χ4v) is 3.61. The van der Waals surface area contributed by atoms with E-state index in [1.54, 1.807) is 0 Å². The molecule has 2 aliphatic carbocycles. The lowest BCUT2D eigenvalue weighted by molar-refractivity contribution is 0.0256. The van der Waals surface area contributed by atoms with E-state index in [0.29, 0.717) is 6.04 Å². The smallest absolute Gasteiger partial charge is 0.410 e. The Morgan fingerprint density at radius 2 is 1.68 bits per heavy atom. The highest BCUT2D eigenvalue weighted by molar-refractivity contribution is 5.68. The molecule has 3 fully saturated rings.